The van der Waals surface area contributed by atoms with E-state index < -0.39 is 0 Å². The van der Waals surface area contributed by atoms with Gasteiger partial charge in [0.15, 0.2) is 5.65 Å². The Kier molecular flexibility index (Phi) is 2.34. The van der Waals surface area contributed by atoms with Crippen molar-refractivity contribution in [2.24, 2.45) is 0 Å². The SMILES string of the molecule is S=c1[nH]nc2ccc(Oc3ccccc3)nn12. The predicted molar refractivity (Wildman–Crippen MR) is 64.7 cm³/mol. The molecule has 17 heavy (non-hydrogen) atoms. The number of ether oxygens (including phenoxy) is 1. The first-order valence-corrected chi connectivity index (χ1v) is 5.41. The van der Waals surface area contributed by atoms with Crippen molar-refractivity contribution in [3.8, 4) is 11.6 Å². The summed E-state index contributed by atoms with van der Waals surface area (Å²) in [6.07, 6.45) is 0. The van der Waals surface area contributed by atoms with Crippen LogP contribution in [0.1, 0.15) is 0 Å². The Morgan fingerprint density at radius 3 is 2.76 bits per heavy atom. The number of nitrogens with zero attached hydrogens (tertiary/aromatic N) is 3. The van der Waals surface area contributed by atoms with Crippen molar-refractivity contribution >= 4 is 17.9 Å². The predicted octanol–water partition coefficient (Wildman–Crippen LogP) is 2.58. The van der Waals surface area contributed by atoms with E-state index in [-0.39, 0.29) is 0 Å². The van der Waals surface area contributed by atoms with Gasteiger partial charge in [0.1, 0.15) is 5.75 Å². The van der Waals surface area contributed by atoms with Crippen molar-refractivity contribution in [1.82, 2.24) is 19.8 Å². The van der Waals surface area contributed by atoms with Crippen LogP contribution in [-0.4, -0.2) is 19.8 Å². The summed E-state index contributed by atoms with van der Waals surface area (Å²) in [5.41, 5.74) is 0.662. The molecule has 0 unspecified atom stereocenters. The lowest BCUT2D eigenvalue weighted by atomic mass is 10.3. The van der Waals surface area contributed by atoms with Gasteiger partial charge in [0, 0.05) is 6.07 Å². The summed E-state index contributed by atoms with van der Waals surface area (Å²) >= 11 is 5.04. The molecular formula is C11H8N4OS. The van der Waals surface area contributed by atoms with Crippen LogP contribution in [0.3, 0.4) is 0 Å². The molecule has 0 spiro atoms. The fourth-order valence-electron chi connectivity index (χ4n) is 1.45. The number of para-hydroxylation sites is 1. The van der Waals surface area contributed by atoms with Crippen LogP contribution >= 0.6 is 12.2 Å². The molecule has 6 heteroatoms. The summed E-state index contributed by atoms with van der Waals surface area (Å²) in [7, 11) is 0. The summed E-state index contributed by atoms with van der Waals surface area (Å²) < 4.78 is 7.56. The van der Waals surface area contributed by atoms with Crippen LogP contribution in [0.15, 0.2) is 42.5 Å². The Hall–Kier alpha value is -2.21. The van der Waals surface area contributed by atoms with Gasteiger partial charge in [-0.05, 0) is 30.4 Å². The van der Waals surface area contributed by atoms with Crippen molar-refractivity contribution < 1.29 is 4.74 Å². The molecule has 3 rings (SSSR count). The minimum Gasteiger partial charge on any atom is -0.438 e. The number of benzene rings is 1. The zero-order valence-corrected chi connectivity index (χ0v) is 9.52. The van der Waals surface area contributed by atoms with Crippen LogP contribution in [-0.2, 0) is 0 Å². The summed E-state index contributed by atoms with van der Waals surface area (Å²) in [5, 5.41) is 10.9. The summed E-state index contributed by atoms with van der Waals surface area (Å²) in [6, 6.07) is 13.0. The third kappa shape index (κ3) is 1.90. The topological polar surface area (TPSA) is 55.2 Å². The Morgan fingerprint density at radius 2 is 1.94 bits per heavy atom. The molecule has 2 aromatic heterocycles. The first-order valence-electron chi connectivity index (χ1n) is 5.00. The zero-order chi connectivity index (χ0) is 11.7. The number of H-pyrrole nitrogens is 1. The summed E-state index contributed by atoms with van der Waals surface area (Å²) in [5.74, 6) is 1.20. The van der Waals surface area contributed by atoms with Crippen LogP contribution in [0.2, 0.25) is 0 Å². The maximum atomic E-state index is 5.59. The molecule has 84 valence electrons. The number of rotatable bonds is 2. The number of nitrogens with one attached hydrogen (secondary N) is 1. The molecule has 0 radical (unpaired) electrons. The highest BCUT2D eigenvalue weighted by molar-refractivity contribution is 7.71. The molecule has 5 nitrogen and oxygen atoms in total. The van der Waals surface area contributed by atoms with Crippen LogP contribution in [0, 0.1) is 4.77 Å². The minimum absolute atomic E-state index is 0.443. The third-order valence-corrected chi connectivity index (χ3v) is 2.48. The fraction of sp³-hybridized carbons (Fsp3) is 0. The molecule has 0 fully saturated rings. The van der Waals surface area contributed by atoms with E-state index in [9.17, 15) is 0 Å². The summed E-state index contributed by atoms with van der Waals surface area (Å²) in [6.45, 7) is 0. The second-order valence-electron chi connectivity index (χ2n) is 3.39. The highest BCUT2D eigenvalue weighted by atomic mass is 32.1. The monoisotopic (exact) mass is 244 g/mol. The first kappa shape index (κ1) is 9.98. The van der Waals surface area contributed by atoms with Gasteiger partial charge in [-0.1, -0.05) is 18.2 Å². The molecule has 0 saturated carbocycles. The van der Waals surface area contributed by atoms with Crippen LogP contribution in [0.4, 0.5) is 0 Å². The van der Waals surface area contributed by atoms with Crippen molar-refractivity contribution in [1.29, 1.82) is 0 Å². The Morgan fingerprint density at radius 1 is 1.12 bits per heavy atom. The van der Waals surface area contributed by atoms with Gasteiger partial charge in [-0.2, -0.15) is 9.61 Å². The van der Waals surface area contributed by atoms with Gasteiger partial charge in [0.25, 0.3) is 0 Å². The molecule has 1 aromatic carbocycles. The highest BCUT2D eigenvalue weighted by Gasteiger charge is 2.02. The van der Waals surface area contributed by atoms with E-state index in [1.165, 1.54) is 4.52 Å². The third-order valence-electron chi connectivity index (χ3n) is 2.21. The van der Waals surface area contributed by atoms with E-state index in [4.69, 9.17) is 17.0 Å². The standard InChI is InChI=1S/C11H8N4OS/c17-11-13-12-9-6-7-10(14-15(9)11)16-8-4-2-1-3-5-8/h1-7H,(H,13,17). The fourth-order valence-corrected chi connectivity index (χ4v) is 1.63. The van der Waals surface area contributed by atoms with Crippen molar-refractivity contribution in [3.63, 3.8) is 0 Å². The molecular weight excluding hydrogens is 236 g/mol. The van der Waals surface area contributed by atoms with Gasteiger partial charge in [0.2, 0.25) is 10.7 Å². The molecule has 0 saturated heterocycles. The molecule has 0 aliphatic carbocycles. The number of aromatic amines is 1. The Labute approximate surface area is 102 Å². The average Bonchev–Trinajstić information content (AvgIpc) is 2.73. The lowest BCUT2D eigenvalue weighted by molar-refractivity contribution is 0.452. The molecule has 2 heterocycles. The van der Waals surface area contributed by atoms with Crippen molar-refractivity contribution in [3.05, 3.63) is 47.2 Å². The first-order chi connectivity index (χ1) is 8.33. The van der Waals surface area contributed by atoms with E-state index in [0.29, 0.717) is 16.3 Å². The smallest absolute Gasteiger partial charge is 0.237 e. The lowest BCUT2D eigenvalue weighted by Crippen LogP contribution is -1.95. The van der Waals surface area contributed by atoms with Gasteiger partial charge >= 0.3 is 0 Å². The maximum Gasteiger partial charge on any atom is 0.237 e. The molecule has 0 amide bonds. The second kappa shape index (κ2) is 3.99. The normalized spacial score (nSPS) is 10.6. The van der Waals surface area contributed by atoms with E-state index in [2.05, 4.69) is 15.3 Å². The quantitative estimate of drug-likeness (QED) is 0.704. The Balaban J connectivity index is 2.01. The highest BCUT2D eigenvalue weighted by Crippen LogP contribution is 2.18. The molecule has 1 N–H and O–H groups in total. The minimum atomic E-state index is 0.443. The molecule has 0 aliphatic heterocycles. The van der Waals surface area contributed by atoms with Gasteiger partial charge < -0.3 is 4.74 Å². The Bertz CT molecular complexity index is 704. The maximum absolute atomic E-state index is 5.59. The van der Waals surface area contributed by atoms with Crippen molar-refractivity contribution in [2.45, 2.75) is 0 Å². The zero-order valence-electron chi connectivity index (χ0n) is 8.70. The number of hydrogen-bond acceptors (Lipinski definition) is 4. The van der Waals surface area contributed by atoms with Crippen LogP contribution in [0.25, 0.3) is 5.65 Å². The molecule has 0 bridgehead atoms. The molecule has 3 aromatic rings. The molecule has 0 aliphatic rings. The van der Waals surface area contributed by atoms with Crippen LogP contribution in [0.5, 0.6) is 11.6 Å². The second-order valence-corrected chi connectivity index (χ2v) is 3.77. The number of fused-ring (bicyclic) bond motifs is 1. The van der Waals surface area contributed by atoms with Crippen LogP contribution < -0.4 is 4.74 Å². The van der Waals surface area contributed by atoms with Gasteiger partial charge in [-0.15, -0.1) is 5.10 Å². The van der Waals surface area contributed by atoms with Gasteiger partial charge in [-0.3, -0.25) is 0 Å². The lowest BCUT2D eigenvalue weighted by Gasteiger charge is -2.03. The van der Waals surface area contributed by atoms with E-state index in [1.54, 1.807) is 12.1 Å². The van der Waals surface area contributed by atoms with Gasteiger partial charge in [0.05, 0.1) is 0 Å². The average molecular weight is 244 g/mol. The van der Waals surface area contributed by atoms with E-state index in [0.717, 1.165) is 5.75 Å². The number of hydrogen-bond donors (Lipinski definition) is 1. The molecule has 0 atom stereocenters. The van der Waals surface area contributed by atoms with E-state index >= 15 is 0 Å². The number of aromatic nitrogens is 4. The van der Waals surface area contributed by atoms with E-state index in [1.807, 2.05) is 30.3 Å². The van der Waals surface area contributed by atoms with Crippen molar-refractivity contribution in [2.75, 3.05) is 0 Å². The van der Waals surface area contributed by atoms with Gasteiger partial charge in [-0.25, -0.2) is 5.10 Å². The summed E-state index contributed by atoms with van der Waals surface area (Å²) in [4.78, 5) is 0. The largest absolute Gasteiger partial charge is 0.438 e.